The number of aryl methyl sites for hydroxylation is 2. The molecule has 2 N–H and O–H groups in total. The molecule has 0 atom stereocenters. The lowest BCUT2D eigenvalue weighted by Crippen LogP contribution is -2.38. The van der Waals surface area contributed by atoms with Crippen LogP contribution in [-0.2, 0) is 13.1 Å². The van der Waals surface area contributed by atoms with Gasteiger partial charge in [-0.15, -0.1) is 24.0 Å². The summed E-state index contributed by atoms with van der Waals surface area (Å²) in [6.45, 7) is 7.27. The number of halogens is 1. The summed E-state index contributed by atoms with van der Waals surface area (Å²) in [5.41, 5.74) is 2.35. The lowest BCUT2D eigenvalue weighted by atomic mass is 10.2. The summed E-state index contributed by atoms with van der Waals surface area (Å²) in [5, 5.41) is 8.04. The van der Waals surface area contributed by atoms with Crippen molar-refractivity contribution in [1.29, 1.82) is 0 Å². The predicted octanol–water partition coefficient (Wildman–Crippen LogP) is 4.29. The molecule has 0 aliphatic heterocycles. The number of hydrogen-bond acceptors (Lipinski definition) is 3. The van der Waals surface area contributed by atoms with Gasteiger partial charge in [0.25, 0.3) is 0 Å². The van der Waals surface area contributed by atoms with E-state index in [1.54, 1.807) is 6.20 Å². The molecule has 168 valence electrons. The van der Waals surface area contributed by atoms with Crippen LogP contribution in [0.5, 0.6) is 0 Å². The van der Waals surface area contributed by atoms with Crippen molar-refractivity contribution in [3.05, 3.63) is 78.6 Å². The largest absolute Gasteiger partial charge is 0.357 e. The first-order valence-corrected chi connectivity index (χ1v) is 10.8. The number of guanidine groups is 1. The second-order valence-corrected chi connectivity index (χ2v) is 7.41. The Bertz CT molecular complexity index is 1140. The zero-order chi connectivity index (χ0) is 21.5. The van der Waals surface area contributed by atoms with Crippen molar-refractivity contribution in [1.82, 2.24) is 29.7 Å². The second kappa shape index (κ2) is 11.7. The van der Waals surface area contributed by atoms with Crippen LogP contribution in [0.3, 0.4) is 0 Å². The minimum absolute atomic E-state index is 0. The summed E-state index contributed by atoms with van der Waals surface area (Å²) in [6.07, 6.45) is 8.75. The van der Waals surface area contributed by atoms with Crippen molar-refractivity contribution in [3.63, 3.8) is 0 Å². The second-order valence-electron chi connectivity index (χ2n) is 7.41. The molecule has 0 unspecified atom stereocenters. The van der Waals surface area contributed by atoms with Gasteiger partial charge in [0.05, 0.1) is 6.54 Å². The highest BCUT2D eigenvalue weighted by atomic mass is 127. The van der Waals surface area contributed by atoms with Gasteiger partial charge in [0.1, 0.15) is 11.6 Å². The van der Waals surface area contributed by atoms with Crippen LogP contribution in [0.4, 0.5) is 0 Å². The van der Waals surface area contributed by atoms with Gasteiger partial charge in [-0.2, -0.15) is 0 Å². The Kier molecular flexibility index (Phi) is 8.66. The molecule has 4 aromatic rings. The molecule has 0 saturated carbocycles. The van der Waals surface area contributed by atoms with Crippen LogP contribution in [-0.4, -0.2) is 38.2 Å². The van der Waals surface area contributed by atoms with E-state index in [1.165, 1.54) is 10.9 Å². The van der Waals surface area contributed by atoms with E-state index in [2.05, 4.69) is 74.7 Å². The Morgan fingerprint density at radius 2 is 1.91 bits per heavy atom. The number of benzene rings is 1. The maximum atomic E-state index is 4.71. The van der Waals surface area contributed by atoms with E-state index >= 15 is 0 Å². The van der Waals surface area contributed by atoms with E-state index in [9.17, 15) is 0 Å². The average Bonchev–Trinajstić information content (AvgIpc) is 3.41. The van der Waals surface area contributed by atoms with Gasteiger partial charge in [-0.05, 0) is 49.4 Å². The molecule has 7 nitrogen and oxygen atoms in total. The summed E-state index contributed by atoms with van der Waals surface area (Å²) >= 11 is 0. The van der Waals surface area contributed by atoms with Gasteiger partial charge in [-0.1, -0.05) is 24.3 Å². The van der Waals surface area contributed by atoms with Crippen molar-refractivity contribution in [3.8, 4) is 5.82 Å². The number of imidazole rings is 1. The van der Waals surface area contributed by atoms with E-state index < -0.39 is 0 Å². The van der Waals surface area contributed by atoms with Crippen molar-refractivity contribution in [2.24, 2.45) is 4.99 Å². The third kappa shape index (κ3) is 5.87. The van der Waals surface area contributed by atoms with Crippen molar-refractivity contribution in [2.75, 3.05) is 13.1 Å². The molecule has 1 aromatic carbocycles. The fourth-order valence-electron chi connectivity index (χ4n) is 3.58. The topological polar surface area (TPSA) is 72.1 Å². The van der Waals surface area contributed by atoms with E-state index in [0.29, 0.717) is 6.54 Å². The fraction of sp³-hybridized carbons (Fsp3) is 0.292. The van der Waals surface area contributed by atoms with Crippen LogP contribution in [0, 0.1) is 6.92 Å². The molecule has 3 heterocycles. The molecule has 0 amide bonds. The lowest BCUT2D eigenvalue weighted by Gasteiger charge is -2.12. The van der Waals surface area contributed by atoms with Crippen LogP contribution < -0.4 is 10.6 Å². The predicted molar refractivity (Wildman–Crippen MR) is 141 cm³/mol. The Balaban J connectivity index is 0.00000289. The number of fused-ring (bicyclic) bond motifs is 1. The molecule has 0 aliphatic rings. The summed E-state index contributed by atoms with van der Waals surface area (Å²) in [5.74, 6) is 2.62. The number of nitrogens with one attached hydrogen (secondary N) is 2. The summed E-state index contributed by atoms with van der Waals surface area (Å²) < 4.78 is 4.27. The average molecular weight is 543 g/mol. The van der Waals surface area contributed by atoms with Crippen LogP contribution in [0.15, 0.2) is 72.2 Å². The number of hydrogen-bond donors (Lipinski definition) is 2. The first kappa shape index (κ1) is 23.8. The van der Waals surface area contributed by atoms with Crippen LogP contribution in [0.25, 0.3) is 16.7 Å². The molecule has 0 radical (unpaired) electrons. The Morgan fingerprint density at radius 1 is 1.03 bits per heavy atom. The van der Waals surface area contributed by atoms with Gasteiger partial charge in [-0.3, -0.25) is 4.57 Å². The summed E-state index contributed by atoms with van der Waals surface area (Å²) in [6, 6.07) is 14.7. The minimum atomic E-state index is 0. The molecule has 0 spiro atoms. The SMILES string of the molecule is CCNC(=NCc1ccc(-n2ccnc2C)nc1)NCCCn1ccc2ccccc21.I. The third-order valence-corrected chi connectivity index (χ3v) is 5.19. The maximum Gasteiger partial charge on any atom is 0.191 e. The van der Waals surface area contributed by atoms with Gasteiger partial charge in [0.2, 0.25) is 0 Å². The highest BCUT2D eigenvalue weighted by molar-refractivity contribution is 14.0. The lowest BCUT2D eigenvalue weighted by molar-refractivity contribution is 0.641. The molecule has 4 rings (SSSR count). The third-order valence-electron chi connectivity index (χ3n) is 5.19. The molecule has 8 heteroatoms. The number of aromatic nitrogens is 4. The zero-order valence-corrected chi connectivity index (χ0v) is 20.9. The van der Waals surface area contributed by atoms with Gasteiger partial charge in [0.15, 0.2) is 5.96 Å². The Hall–Kier alpha value is -2.88. The molecule has 3 aromatic heterocycles. The van der Waals surface area contributed by atoms with Crippen LogP contribution in [0.1, 0.15) is 24.7 Å². The molecular formula is C24H30IN7. The van der Waals surface area contributed by atoms with Gasteiger partial charge in [-0.25, -0.2) is 15.0 Å². The van der Waals surface area contributed by atoms with E-state index in [-0.39, 0.29) is 24.0 Å². The maximum absolute atomic E-state index is 4.71. The molecular weight excluding hydrogens is 513 g/mol. The van der Waals surface area contributed by atoms with Gasteiger partial charge in [0, 0.05) is 49.9 Å². The van der Waals surface area contributed by atoms with Crippen molar-refractivity contribution < 1.29 is 0 Å². The van der Waals surface area contributed by atoms with Gasteiger partial charge < -0.3 is 15.2 Å². The van der Waals surface area contributed by atoms with Crippen molar-refractivity contribution >= 4 is 40.8 Å². The number of pyridine rings is 1. The molecule has 32 heavy (non-hydrogen) atoms. The molecule has 0 saturated heterocycles. The minimum Gasteiger partial charge on any atom is -0.357 e. The highest BCUT2D eigenvalue weighted by Gasteiger charge is 2.03. The van der Waals surface area contributed by atoms with Crippen LogP contribution in [0.2, 0.25) is 0 Å². The first-order chi connectivity index (χ1) is 15.2. The van der Waals surface area contributed by atoms with E-state index in [0.717, 1.165) is 49.2 Å². The normalized spacial score (nSPS) is 11.4. The zero-order valence-electron chi connectivity index (χ0n) is 18.5. The number of para-hydroxylation sites is 1. The Labute approximate surface area is 206 Å². The van der Waals surface area contributed by atoms with Crippen molar-refractivity contribution in [2.45, 2.75) is 33.4 Å². The van der Waals surface area contributed by atoms with E-state index in [4.69, 9.17) is 4.99 Å². The van der Waals surface area contributed by atoms with Crippen LogP contribution >= 0.6 is 24.0 Å². The fourth-order valence-corrected chi connectivity index (χ4v) is 3.58. The highest BCUT2D eigenvalue weighted by Crippen LogP contribution is 2.15. The monoisotopic (exact) mass is 543 g/mol. The van der Waals surface area contributed by atoms with Gasteiger partial charge >= 0.3 is 0 Å². The number of rotatable bonds is 8. The standard InChI is InChI=1S/C24H29N7.HI/c1-3-25-24(27-12-6-14-30-15-11-21-7-4-5-8-22(21)30)29-18-20-9-10-23(28-17-20)31-16-13-26-19(31)2;/h4-5,7-11,13,15-17H,3,6,12,14,18H2,1-2H3,(H2,25,27,29);1H. The summed E-state index contributed by atoms with van der Waals surface area (Å²) in [7, 11) is 0. The first-order valence-electron chi connectivity index (χ1n) is 10.8. The summed E-state index contributed by atoms with van der Waals surface area (Å²) in [4.78, 5) is 13.5. The molecule has 0 aliphatic carbocycles. The quantitative estimate of drug-likeness (QED) is 0.151. The molecule has 0 bridgehead atoms. The molecule has 0 fully saturated rings. The van der Waals surface area contributed by atoms with E-state index in [1.807, 2.05) is 30.0 Å². The number of nitrogens with zero attached hydrogens (tertiary/aromatic N) is 5. The Morgan fingerprint density at radius 3 is 2.66 bits per heavy atom. The smallest absolute Gasteiger partial charge is 0.191 e. The number of aliphatic imine (C=N–C) groups is 1.